The molecule has 2 atom stereocenters. The Kier molecular flexibility index (Phi) is 3.09. The van der Waals surface area contributed by atoms with Gasteiger partial charge < -0.3 is 10.1 Å². The summed E-state index contributed by atoms with van der Waals surface area (Å²) in [5.74, 6) is 1.80. The molecule has 5 aliphatic rings. The third-order valence-electron chi connectivity index (χ3n) is 8.58. The molecule has 7 rings (SSSR count). The van der Waals surface area contributed by atoms with Gasteiger partial charge in [-0.1, -0.05) is 18.2 Å². The molecule has 4 bridgehead atoms. The number of carboxylic acids is 1. The van der Waals surface area contributed by atoms with Crippen molar-refractivity contribution < 1.29 is 9.90 Å². The fraction of sp³-hybridized carbons (Fsp3) is 0.609. The van der Waals surface area contributed by atoms with Crippen LogP contribution in [0.15, 0.2) is 24.3 Å². The number of H-pyrrole nitrogens is 1. The molecule has 2 aromatic rings. The maximum atomic E-state index is 12.1. The molecule has 1 aromatic heterocycles. The van der Waals surface area contributed by atoms with E-state index in [1.807, 2.05) is 0 Å². The smallest absolute Gasteiger partial charge is 0.321 e. The Morgan fingerprint density at radius 3 is 2.33 bits per heavy atom. The number of para-hydroxylation sites is 1. The van der Waals surface area contributed by atoms with Gasteiger partial charge in [0.2, 0.25) is 0 Å². The predicted molar refractivity (Wildman–Crippen MR) is 105 cm³/mol. The molecule has 4 nitrogen and oxygen atoms in total. The van der Waals surface area contributed by atoms with Crippen molar-refractivity contribution >= 4 is 16.9 Å². The minimum atomic E-state index is -0.720. The summed E-state index contributed by atoms with van der Waals surface area (Å²) in [6.45, 7) is 2.31. The van der Waals surface area contributed by atoms with Gasteiger partial charge in [-0.3, -0.25) is 10.1 Å². The molecule has 2 heterocycles. The Bertz CT molecular complexity index is 910. The van der Waals surface area contributed by atoms with Crippen molar-refractivity contribution in [2.24, 2.45) is 23.2 Å². The number of aliphatic carboxylic acids is 1. The summed E-state index contributed by atoms with van der Waals surface area (Å²) in [7, 11) is 0. The third kappa shape index (κ3) is 2.05. The zero-order valence-corrected chi connectivity index (χ0v) is 15.9. The van der Waals surface area contributed by atoms with Crippen LogP contribution in [0, 0.1) is 23.2 Å². The average molecular weight is 364 g/mol. The number of benzene rings is 1. The lowest BCUT2D eigenvalue weighted by molar-refractivity contribution is -0.145. The molecular weight excluding hydrogens is 336 g/mol. The van der Waals surface area contributed by atoms with Crippen LogP contribution in [0.5, 0.6) is 0 Å². The summed E-state index contributed by atoms with van der Waals surface area (Å²) in [4.78, 5) is 15.8. The molecule has 0 saturated heterocycles. The maximum Gasteiger partial charge on any atom is 0.321 e. The first kappa shape index (κ1) is 16.2. The molecule has 4 saturated carbocycles. The van der Waals surface area contributed by atoms with Gasteiger partial charge in [0.25, 0.3) is 0 Å². The van der Waals surface area contributed by atoms with Gasteiger partial charge in [0.15, 0.2) is 0 Å². The number of hydrogen-bond donors (Lipinski definition) is 3. The lowest BCUT2D eigenvalue weighted by atomic mass is 9.44. The molecule has 2 unspecified atom stereocenters. The van der Waals surface area contributed by atoms with Crippen molar-refractivity contribution in [2.75, 3.05) is 0 Å². The first-order valence-corrected chi connectivity index (χ1v) is 10.6. The molecule has 1 aromatic carbocycles. The van der Waals surface area contributed by atoms with Crippen molar-refractivity contribution in [3.63, 3.8) is 0 Å². The highest BCUT2D eigenvalue weighted by atomic mass is 16.4. The van der Waals surface area contributed by atoms with Crippen LogP contribution in [-0.4, -0.2) is 22.1 Å². The topological polar surface area (TPSA) is 65.1 Å². The van der Waals surface area contributed by atoms with Gasteiger partial charge in [0, 0.05) is 23.0 Å². The van der Waals surface area contributed by atoms with Crippen LogP contribution in [-0.2, 0) is 16.8 Å². The second-order valence-electron chi connectivity index (χ2n) is 10.1. The Hall–Kier alpha value is -1.81. The monoisotopic (exact) mass is 364 g/mol. The number of nitrogens with one attached hydrogen (secondary N) is 2. The number of aromatic amines is 1. The van der Waals surface area contributed by atoms with Crippen molar-refractivity contribution in [3.05, 3.63) is 35.5 Å². The molecule has 0 radical (unpaired) electrons. The number of carboxylic acid groups (broad SMARTS) is 1. The molecule has 27 heavy (non-hydrogen) atoms. The van der Waals surface area contributed by atoms with E-state index < -0.39 is 12.0 Å². The molecule has 4 fully saturated rings. The van der Waals surface area contributed by atoms with E-state index in [4.69, 9.17) is 0 Å². The van der Waals surface area contributed by atoms with Gasteiger partial charge in [-0.2, -0.15) is 0 Å². The zero-order chi connectivity index (χ0) is 18.4. The van der Waals surface area contributed by atoms with E-state index in [1.54, 1.807) is 0 Å². The molecular formula is C23H28N2O2. The van der Waals surface area contributed by atoms with Crippen LogP contribution in [0.1, 0.15) is 56.7 Å². The highest BCUT2D eigenvalue weighted by Crippen LogP contribution is 2.66. The molecule has 4 heteroatoms. The largest absolute Gasteiger partial charge is 0.480 e. The fourth-order valence-electron chi connectivity index (χ4n) is 7.80. The van der Waals surface area contributed by atoms with E-state index in [1.165, 1.54) is 55.2 Å². The van der Waals surface area contributed by atoms with Gasteiger partial charge in [-0.15, -0.1) is 0 Å². The number of aromatic nitrogens is 1. The van der Waals surface area contributed by atoms with E-state index in [2.05, 4.69) is 41.5 Å². The second-order valence-corrected chi connectivity index (χ2v) is 10.1. The Labute approximate surface area is 159 Å². The summed E-state index contributed by atoms with van der Waals surface area (Å²) >= 11 is 0. The van der Waals surface area contributed by atoms with Gasteiger partial charge in [-0.25, -0.2) is 0 Å². The van der Waals surface area contributed by atoms with E-state index >= 15 is 0 Å². The minimum Gasteiger partial charge on any atom is -0.480 e. The van der Waals surface area contributed by atoms with Gasteiger partial charge in [-0.05, 0) is 80.2 Å². The predicted octanol–water partition coefficient (Wildman–Crippen LogP) is 4.20. The standard InChI is InChI=1S/C23H28N2O2/c1-22(23-10-13-6-14(11-23)8-15(7-13)12-23)20-17(9-19(25-22)21(26)27)16-4-2-3-5-18(16)24-20/h2-5,13-15,19,24-25H,6-12H2,1H3,(H,26,27). The summed E-state index contributed by atoms with van der Waals surface area (Å²) in [5.41, 5.74) is 3.54. The van der Waals surface area contributed by atoms with E-state index in [9.17, 15) is 9.90 Å². The number of carbonyl (C=O) groups is 1. The van der Waals surface area contributed by atoms with Crippen molar-refractivity contribution in [1.29, 1.82) is 0 Å². The van der Waals surface area contributed by atoms with Crippen LogP contribution < -0.4 is 5.32 Å². The molecule has 0 amide bonds. The van der Waals surface area contributed by atoms with E-state index in [0.29, 0.717) is 6.42 Å². The summed E-state index contributed by atoms with van der Waals surface area (Å²) in [6.07, 6.45) is 8.53. The van der Waals surface area contributed by atoms with Crippen molar-refractivity contribution in [3.8, 4) is 0 Å². The molecule has 4 aliphatic carbocycles. The molecule has 0 spiro atoms. The zero-order valence-electron chi connectivity index (χ0n) is 15.9. The summed E-state index contributed by atoms with van der Waals surface area (Å²) in [5, 5.41) is 14.8. The summed E-state index contributed by atoms with van der Waals surface area (Å²) < 4.78 is 0. The van der Waals surface area contributed by atoms with E-state index in [0.717, 1.165) is 23.3 Å². The van der Waals surface area contributed by atoms with E-state index in [-0.39, 0.29) is 11.0 Å². The van der Waals surface area contributed by atoms with Gasteiger partial charge in [0.05, 0.1) is 5.54 Å². The van der Waals surface area contributed by atoms with Gasteiger partial charge in [0.1, 0.15) is 6.04 Å². The first-order chi connectivity index (χ1) is 13.0. The normalized spacial score (nSPS) is 42.4. The average Bonchev–Trinajstić information content (AvgIpc) is 3.00. The third-order valence-corrected chi connectivity index (χ3v) is 8.58. The molecule has 142 valence electrons. The number of fused-ring (bicyclic) bond motifs is 3. The van der Waals surface area contributed by atoms with Crippen LogP contribution in [0.25, 0.3) is 10.9 Å². The Morgan fingerprint density at radius 1 is 1.07 bits per heavy atom. The second kappa shape index (κ2) is 5.16. The van der Waals surface area contributed by atoms with Crippen LogP contribution in [0.4, 0.5) is 0 Å². The lowest BCUT2D eigenvalue weighted by Crippen LogP contribution is -2.66. The molecule has 3 N–H and O–H groups in total. The van der Waals surface area contributed by atoms with Crippen molar-refractivity contribution in [2.45, 2.75) is 63.5 Å². The van der Waals surface area contributed by atoms with Gasteiger partial charge >= 0.3 is 5.97 Å². The SMILES string of the molecule is CC1(C23CC4CC(CC(C4)C2)C3)NC(C(=O)O)Cc2c1[nH]c1ccccc21. The fourth-order valence-corrected chi connectivity index (χ4v) is 7.80. The minimum absolute atomic E-state index is 0.186. The highest BCUT2D eigenvalue weighted by molar-refractivity contribution is 5.87. The number of hydrogen-bond acceptors (Lipinski definition) is 2. The van der Waals surface area contributed by atoms with Crippen LogP contribution in [0.2, 0.25) is 0 Å². The maximum absolute atomic E-state index is 12.1. The quantitative estimate of drug-likeness (QED) is 0.748. The summed E-state index contributed by atoms with van der Waals surface area (Å²) in [6, 6.07) is 7.90. The van der Waals surface area contributed by atoms with Crippen LogP contribution in [0.3, 0.4) is 0 Å². The Balaban J connectivity index is 1.56. The van der Waals surface area contributed by atoms with Crippen molar-refractivity contribution in [1.82, 2.24) is 10.3 Å². The number of rotatable bonds is 2. The first-order valence-electron chi connectivity index (χ1n) is 10.6. The molecule has 1 aliphatic heterocycles. The Morgan fingerprint density at radius 2 is 1.70 bits per heavy atom. The lowest BCUT2D eigenvalue weighted by Gasteiger charge is -2.64. The highest BCUT2D eigenvalue weighted by Gasteiger charge is 2.61. The van der Waals surface area contributed by atoms with Crippen LogP contribution >= 0.6 is 0 Å².